The number of nitrogens with one attached hydrogen (secondary N) is 1. The van der Waals surface area contributed by atoms with E-state index in [1.807, 2.05) is 54.3 Å². The number of nitrogens with zero attached hydrogens (tertiary/aromatic N) is 1. The Balaban J connectivity index is 0.00000240. The minimum atomic E-state index is -0.911. The van der Waals surface area contributed by atoms with Crippen LogP contribution in [0.15, 0.2) is 54.6 Å². The lowest BCUT2D eigenvalue weighted by Crippen LogP contribution is -3.14. The van der Waals surface area contributed by atoms with Gasteiger partial charge in [-0.1, -0.05) is 48.5 Å². The van der Waals surface area contributed by atoms with Crippen LogP contribution in [0.5, 0.6) is 0 Å². The van der Waals surface area contributed by atoms with Crippen molar-refractivity contribution < 1.29 is 31.6 Å². The van der Waals surface area contributed by atoms with E-state index in [-0.39, 0.29) is 18.3 Å². The number of rotatable bonds is 7. The summed E-state index contributed by atoms with van der Waals surface area (Å²) in [5.74, 6) is 0.0243. The molecule has 0 radical (unpaired) electrons. The molecule has 1 N–H and O–H groups in total. The average molecular weight is 417 g/mol. The number of benzene rings is 2. The summed E-state index contributed by atoms with van der Waals surface area (Å²) in [6.07, 6.45) is 0.944. The van der Waals surface area contributed by atoms with E-state index in [9.17, 15) is 4.79 Å². The molecule has 1 atom stereocenters. The van der Waals surface area contributed by atoms with Gasteiger partial charge in [-0.3, -0.25) is 4.79 Å². The van der Waals surface area contributed by atoms with Crippen LogP contribution in [0.2, 0.25) is 0 Å². The zero-order chi connectivity index (χ0) is 19.4. The number of fused-ring (bicyclic) bond motifs is 1. The molecule has 0 spiro atoms. The van der Waals surface area contributed by atoms with Gasteiger partial charge in [-0.05, 0) is 18.6 Å². The highest BCUT2D eigenvalue weighted by molar-refractivity contribution is 6.06. The van der Waals surface area contributed by atoms with Crippen molar-refractivity contribution in [2.24, 2.45) is 0 Å². The van der Waals surface area contributed by atoms with E-state index in [0.29, 0.717) is 13.2 Å². The van der Waals surface area contributed by atoms with E-state index < -0.39 is 5.60 Å². The van der Waals surface area contributed by atoms with E-state index in [2.05, 4.69) is 12.1 Å². The van der Waals surface area contributed by atoms with E-state index in [0.717, 1.165) is 56.1 Å². The summed E-state index contributed by atoms with van der Waals surface area (Å²) < 4.78 is 11.7. The number of amides is 1. The van der Waals surface area contributed by atoms with Crippen LogP contribution in [0, 0.1) is 0 Å². The topological polar surface area (TPSA) is 43.2 Å². The van der Waals surface area contributed by atoms with Gasteiger partial charge in [0, 0.05) is 12.0 Å². The number of quaternary nitrogens is 1. The summed E-state index contributed by atoms with van der Waals surface area (Å²) in [7, 11) is 0. The zero-order valence-corrected chi connectivity index (χ0v) is 17.7. The Labute approximate surface area is 179 Å². The Morgan fingerprint density at radius 1 is 1.07 bits per heavy atom. The van der Waals surface area contributed by atoms with E-state index in [4.69, 9.17) is 9.47 Å². The van der Waals surface area contributed by atoms with Crippen molar-refractivity contribution in [3.8, 4) is 0 Å². The van der Waals surface area contributed by atoms with Crippen molar-refractivity contribution in [1.29, 1.82) is 0 Å². The van der Waals surface area contributed by atoms with Gasteiger partial charge in [0.2, 0.25) is 0 Å². The van der Waals surface area contributed by atoms with Gasteiger partial charge in [0.1, 0.15) is 13.1 Å². The molecule has 1 amide bonds. The lowest BCUT2D eigenvalue weighted by atomic mass is 9.97. The van der Waals surface area contributed by atoms with Gasteiger partial charge in [0.15, 0.2) is 5.60 Å². The molecule has 0 aromatic heterocycles. The number of carbonyl (C=O) groups excluding carboxylic acids is 1. The summed E-state index contributed by atoms with van der Waals surface area (Å²) in [6, 6.07) is 18.1. The number of morpholine rings is 1. The fraction of sp³-hybridized carbons (Fsp3) is 0.435. The van der Waals surface area contributed by atoms with E-state index >= 15 is 0 Å². The third-order valence-corrected chi connectivity index (χ3v) is 5.81. The molecule has 5 nitrogen and oxygen atoms in total. The second kappa shape index (κ2) is 9.72. The molecular formula is C23H29ClN2O3. The standard InChI is InChI=1S/C23H28N2O3.ClH/c1-23(28-15-7-12-24-13-16-27-17-14-24)20-10-5-6-11-21(20)25(22(23)26)18-19-8-3-2-4-9-19;/h2-6,8-11H,7,12-18H2,1H3;1H. The third kappa shape index (κ3) is 4.64. The van der Waals surface area contributed by atoms with Crippen molar-refractivity contribution in [3.05, 3.63) is 65.7 Å². The quantitative estimate of drug-likeness (QED) is 0.575. The van der Waals surface area contributed by atoms with Crippen LogP contribution >= 0.6 is 0 Å². The molecule has 0 bridgehead atoms. The van der Waals surface area contributed by atoms with Crippen LogP contribution in [0.1, 0.15) is 24.5 Å². The predicted molar refractivity (Wildman–Crippen MR) is 108 cm³/mol. The molecule has 2 aliphatic rings. The molecule has 1 saturated heterocycles. The maximum absolute atomic E-state index is 13.4. The molecule has 1 unspecified atom stereocenters. The average Bonchev–Trinajstić information content (AvgIpc) is 2.95. The SMILES string of the molecule is CC1(OCCC[NH+]2CCOCC2)C(=O)N(Cc2ccccc2)c2ccccc21.[Cl-]. The first-order valence-corrected chi connectivity index (χ1v) is 10.2. The lowest BCUT2D eigenvalue weighted by molar-refractivity contribution is -0.908. The number of hydrogen-bond acceptors (Lipinski definition) is 3. The van der Waals surface area contributed by atoms with Crippen LogP contribution in [-0.4, -0.2) is 45.4 Å². The van der Waals surface area contributed by atoms with Gasteiger partial charge in [-0.25, -0.2) is 0 Å². The fourth-order valence-corrected chi connectivity index (χ4v) is 4.17. The largest absolute Gasteiger partial charge is 1.00 e. The molecule has 1 fully saturated rings. The number of halogens is 1. The molecule has 2 aromatic carbocycles. The Hall–Kier alpha value is -1.92. The molecule has 2 aromatic rings. The number of ether oxygens (including phenoxy) is 2. The first kappa shape index (κ1) is 21.8. The zero-order valence-electron chi connectivity index (χ0n) is 16.9. The number of carbonyl (C=O) groups is 1. The highest BCUT2D eigenvalue weighted by atomic mass is 35.5. The summed E-state index contributed by atoms with van der Waals surface area (Å²) in [5.41, 5.74) is 2.13. The molecule has 2 aliphatic heterocycles. The summed E-state index contributed by atoms with van der Waals surface area (Å²) in [6.45, 7) is 7.92. The summed E-state index contributed by atoms with van der Waals surface area (Å²) >= 11 is 0. The summed E-state index contributed by atoms with van der Waals surface area (Å²) in [5, 5.41) is 0. The van der Waals surface area contributed by atoms with Crippen molar-refractivity contribution in [1.82, 2.24) is 0 Å². The molecule has 0 saturated carbocycles. The first-order valence-electron chi connectivity index (χ1n) is 10.2. The minimum absolute atomic E-state index is 0. The molecule has 6 heteroatoms. The molecular weight excluding hydrogens is 388 g/mol. The Bertz CT molecular complexity index is 811. The first-order chi connectivity index (χ1) is 13.7. The Kier molecular flexibility index (Phi) is 7.30. The predicted octanol–water partition coefficient (Wildman–Crippen LogP) is -1.23. The van der Waals surface area contributed by atoms with Crippen molar-refractivity contribution in [3.63, 3.8) is 0 Å². The van der Waals surface area contributed by atoms with Crippen molar-refractivity contribution in [2.75, 3.05) is 44.4 Å². The van der Waals surface area contributed by atoms with Gasteiger partial charge in [-0.15, -0.1) is 0 Å². The van der Waals surface area contributed by atoms with Gasteiger partial charge in [0.05, 0.1) is 38.6 Å². The minimum Gasteiger partial charge on any atom is -1.00 e. The molecule has 156 valence electrons. The molecule has 4 rings (SSSR count). The number of para-hydroxylation sites is 1. The second-order valence-electron chi connectivity index (χ2n) is 7.74. The molecule has 29 heavy (non-hydrogen) atoms. The van der Waals surface area contributed by atoms with Crippen LogP contribution in [-0.2, 0) is 26.4 Å². The van der Waals surface area contributed by atoms with Crippen molar-refractivity contribution in [2.45, 2.75) is 25.5 Å². The Morgan fingerprint density at radius 3 is 2.52 bits per heavy atom. The second-order valence-corrected chi connectivity index (χ2v) is 7.74. The van der Waals surface area contributed by atoms with Gasteiger partial charge >= 0.3 is 0 Å². The van der Waals surface area contributed by atoms with Crippen LogP contribution in [0.3, 0.4) is 0 Å². The Morgan fingerprint density at radius 2 is 1.76 bits per heavy atom. The van der Waals surface area contributed by atoms with E-state index in [1.54, 1.807) is 4.90 Å². The number of hydrogen-bond donors (Lipinski definition) is 1. The van der Waals surface area contributed by atoms with Crippen LogP contribution < -0.4 is 22.2 Å². The van der Waals surface area contributed by atoms with Crippen LogP contribution in [0.25, 0.3) is 0 Å². The maximum Gasteiger partial charge on any atom is 0.263 e. The highest BCUT2D eigenvalue weighted by Gasteiger charge is 2.48. The normalized spacial score (nSPS) is 21.7. The van der Waals surface area contributed by atoms with Crippen molar-refractivity contribution >= 4 is 11.6 Å². The van der Waals surface area contributed by atoms with E-state index in [1.165, 1.54) is 0 Å². The fourth-order valence-electron chi connectivity index (χ4n) is 4.17. The number of anilines is 1. The molecule has 0 aliphatic carbocycles. The molecule has 2 heterocycles. The van der Waals surface area contributed by atoms with Crippen LogP contribution in [0.4, 0.5) is 5.69 Å². The van der Waals surface area contributed by atoms with Gasteiger partial charge in [-0.2, -0.15) is 0 Å². The lowest BCUT2D eigenvalue weighted by Gasteiger charge is -2.26. The van der Waals surface area contributed by atoms with Gasteiger partial charge < -0.3 is 31.7 Å². The van der Waals surface area contributed by atoms with Gasteiger partial charge in [0.25, 0.3) is 5.91 Å². The highest BCUT2D eigenvalue weighted by Crippen LogP contribution is 2.43. The summed E-state index contributed by atoms with van der Waals surface area (Å²) in [4.78, 5) is 16.8. The maximum atomic E-state index is 13.4. The smallest absolute Gasteiger partial charge is 0.263 e. The third-order valence-electron chi connectivity index (χ3n) is 5.81. The monoisotopic (exact) mass is 416 g/mol.